The summed E-state index contributed by atoms with van der Waals surface area (Å²) in [4.78, 5) is 13.4. The van der Waals surface area contributed by atoms with Crippen LogP contribution in [0.15, 0.2) is 58.3 Å². The second kappa shape index (κ2) is 10.6. The van der Waals surface area contributed by atoms with Gasteiger partial charge in [-0.15, -0.1) is 0 Å². The summed E-state index contributed by atoms with van der Waals surface area (Å²) in [6.45, 7) is 1.52. The fraction of sp³-hybridized carbons (Fsp3) is 0.435. The summed E-state index contributed by atoms with van der Waals surface area (Å²) in [5, 5.41) is 2.77. The zero-order valence-corrected chi connectivity index (χ0v) is 21.1. The molecule has 0 radical (unpaired) electrons. The van der Waals surface area contributed by atoms with E-state index in [1.807, 2.05) is 0 Å². The number of benzene rings is 2. The monoisotopic (exact) mass is 523 g/mol. The Hall–Kier alpha value is -2.51. The van der Waals surface area contributed by atoms with E-state index < -0.39 is 31.9 Å². The lowest BCUT2D eigenvalue weighted by molar-refractivity contribution is -0.120. The van der Waals surface area contributed by atoms with Crippen LogP contribution in [0.25, 0.3) is 0 Å². The summed E-state index contributed by atoms with van der Waals surface area (Å²) >= 11 is 0. The molecule has 1 N–H and O–H groups in total. The van der Waals surface area contributed by atoms with E-state index in [0.29, 0.717) is 38.3 Å². The van der Waals surface area contributed by atoms with Gasteiger partial charge in [-0.25, -0.2) is 16.8 Å². The first-order chi connectivity index (χ1) is 16.7. The largest absolute Gasteiger partial charge is 0.495 e. The van der Waals surface area contributed by atoms with Gasteiger partial charge in [0.1, 0.15) is 5.75 Å². The molecule has 2 aromatic carbocycles. The molecule has 0 aromatic heterocycles. The number of carbonyl (C=O) groups is 1. The average Bonchev–Trinajstić information content (AvgIpc) is 2.89. The standard InChI is InChI=1S/C23H29N3O7S2/c1-32-22-10-9-20(35(30,31)25-12-14-33-15-13-25)16-21(22)24-23(27)18-6-5-11-26(17-18)34(28,29)19-7-3-2-4-8-19/h2-4,7-10,16,18H,5-6,11-15,17H2,1H3,(H,24,27)/t18-/m1/s1. The molecule has 0 unspecified atom stereocenters. The predicted molar refractivity (Wildman–Crippen MR) is 129 cm³/mol. The zero-order valence-electron chi connectivity index (χ0n) is 19.4. The fourth-order valence-electron chi connectivity index (χ4n) is 4.23. The molecule has 2 aromatic rings. The van der Waals surface area contributed by atoms with Crippen molar-refractivity contribution >= 4 is 31.6 Å². The van der Waals surface area contributed by atoms with Crippen LogP contribution in [-0.4, -0.2) is 77.9 Å². The van der Waals surface area contributed by atoms with Crippen LogP contribution in [0.2, 0.25) is 0 Å². The summed E-state index contributed by atoms with van der Waals surface area (Å²) in [5.74, 6) is -0.674. The first-order valence-electron chi connectivity index (χ1n) is 11.4. The highest BCUT2D eigenvalue weighted by molar-refractivity contribution is 7.89. The molecule has 2 aliphatic heterocycles. The van der Waals surface area contributed by atoms with Crippen molar-refractivity contribution in [3.63, 3.8) is 0 Å². The lowest BCUT2D eigenvalue weighted by Crippen LogP contribution is -2.43. The number of amides is 1. The van der Waals surface area contributed by atoms with Gasteiger partial charge in [-0.2, -0.15) is 8.61 Å². The topological polar surface area (TPSA) is 122 Å². The van der Waals surface area contributed by atoms with E-state index in [-0.39, 0.29) is 35.1 Å². The smallest absolute Gasteiger partial charge is 0.243 e. The van der Waals surface area contributed by atoms with Crippen LogP contribution in [0.3, 0.4) is 0 Å². The molecule has 2 aliphatic rings. The molecule has 0 aliphatic carbocycles. The Morgan fingerprint density at radius 2 is 1.63 bits per heavy atom. The number of sulfonamides is 2. The third-order valence-electron chi connectivity index (χ3n) is 6.17. The number of ether oxygens (including phenoxy) is 2. The number of nitrogens with zero attached hydrogens (tertiary/aromatic N) is 2. The van der Waals surface area contributed by atoms with Gasteiger partial charge in [0.15, 0.2) is 0 Å². The molecule has 0 saturated carbocycles. The number of rotatable bonds is 7. The lowest BCUT2D eigenvalue weighted by Gasteiger charge is -2.31. The van der Waals surface area contributed by atoms with E-state index in [1.165, 1.54) is 46.1 Å². The SMILES string of the molecule is COc1ccc(S(=O)(=O)N2CCOCC2)cc1NC(=O)[C@@H]1CCCN(S(=O)(=O)c2ccccc2)C1. The molecule has 2 heterocycles. The minimum Gasteiger partial charge on any atom is -0.495 e. The Morgan fingerprint density at radius 3 is 2.31 bits per heavy atom. The fourth-order valence-corrected chi connectivity index (χ4v) is 7.21. The maximum Gasteiger partial charge on any atom is 0.243 e. The second-order valence-electron chi connectivity index (χ2n) is 8.38. The maximum atomic E-state index is 13.1. The van der Waals surface area contributed by atoms with Gasteiger partial charge in [0.05, 0.1) is 41.7 Å². The highest BCUT2D eigenvalue weighted by atomic mass is 32.2. The van der Waals surface area contributed by atoms with Gasteiger partial charge in [0, 0.05) is 26.2 Å². The minimum atomic E-state index is -3.77. The Labute approximate surface area is 205 Å². The van der Waals surface area contributed by atoms with Crippen molar-refractivity contribution in [1.82, 2.24) is 8.61 Å². The third-order valence-corrected chi connectivity index (χ3v) is 9.95. The Bertz CT molecular complexity index is 1260. The number of hydrogen-bond donors (Lipinski definition) is 1. The predicted octanol–water partition coefficient (Wildman–Crippen LogP) is 1.76. The summed E-state index contributed by atoms with van der Waals surface area (Å²) in [6.07, 6.45) is 1.05. The number of piperidine rings is 1. The molecule has 2 saturated heterocycles. The second-order valence-corrected chi connectivity index (χ2v) is 12.3. The summed E-state index contributed by atoms with van der Waals surface area (Å²) < 4.78 is 65.4. The van der Waals surface area contributed by atoms with Gasteiger partial charge < -0.3 is 14.8 Å². The van der Waals surface area contributed by atoms with E-state index in [4.69, 9.17) is 9.47 Å². The van der Waals surface area contributed by atoms with E-state index in [2.05, 4.69) is 5.32 Å². The van der Waals surface area contributed by atoms with Crippen molar-refractivity contribution in [3.05, 3.63) is 48.5 Å². The molecule has 2 fully saturated rings. The van der Waals surface area contributed by atoms with Crippen LogP contribution in [0.4, 0.5) is 5.69 Å². The molecular formula is C23H29N3O7S2. The molecule has 0 bridgehead atoms. The van der Waals surface area contributed by atoms with Crippen LogP contribution in [0, 0.1) is 5.92 Å². The van der Waals surface area contributed by atoms with Crippen molar-refractivity contribution < 1.29 is 31.1 Å². The van der Waals surface area contributed by atoms with Gasteiger partial charge in [0.25, 0.3) is 0 Å². The Kier molecular flexibility index (Phi) is 7.77. The van der Waals surface area contributed by atoms with E-state index in [1.54, 1.807) is 18.2 Å². The van der Waals surface area contributed by atoms with E-state index >= 15 is 0 Å². The summed E-state index contributed by atoms with van der Waals surface area (Å²) in [6, 6.07) is 12.4. The molecule has 190 valence electrons. The quantitative estimate of drug-likeness (QED) is 0.587. The van der Waals surface area contributed by atoms with Gasteiger partial charge in [-0.3, -0.25) is 4.79 Å². The van der Waals surface area contributed by atoms with Crippen LogP contribution >= 0.6 is 0 Å². The van der Waals surface area contributed by atoms with Crippen LogP contribution in [0.1, 0.15) is 12.8 Å². The van der Waals surface area contributed by atoms with E-state index in [9.17, 15) is 21.6 Å². The van der Waals surface area contributed by atoms with Gasteiger partial charge in [-0.05, 0) is 43.2 Å². The zero-order chi connectivity index (χ0) is 25.1. The van der Waals surface area contributed by atoms with Crippen molar-refractivity contribution in [1.29, 1.82) is 0 Å². The molecule has 1 atom stereocenters. The number of morpholine rings is 1. The number of nitrogens with one attached hydrogen (secondary N) is 1. The van der Waals surface area contributed by atoms with Crippen molar-refractivity contribution in [2.75, 3.05) is 51.8 Å². The van der Waals surface area contributed by atoms with Gasteiger partial charge >= 0.3 is 0 Å². The number of methoxy groups -OCH3 is 1. The Morgan fingerprint density at radius 1 is 0.943 bits per heavy atom. The van der Waals surface area contributed by atoms with Crippen molar-refractivity contribution in [3.8, 4) is 5.75 Å². The Balaban J connectivity index is 1.52. The molecule has 1 amide bonds. The van der Waals surface area contributed by atoms with Gasteiger partial charge in [0.2, 0.25) is 26.0 Å². The maximum absolute atomic E-state index is 13.1. The minimum absolute atomic E-state index is 0.0347. The normalized spacial score (nSPS) is 20.3. The first-order valence-corrected chi connectivity index (χ1v) is 14.2. The molecular weight excluding hydrogens is 494 g/mol. The first kappa shape index (κ1) is 25.6. The van der Waals surface area contributed by atoms with Crippen molar-refractivity contribution in [2.24, 2.45) is 5.92 Å². The lowest BCUT2D eigenvalue weighted by atomic mass is 9.98. The number of carbonyl (C=O) groups excluding carboxylic acids is 1. The van der Waals surface area contributed by atoms with Crippen molar-refractivity contribution in [2.45, 2.75) is 22.6 Å². The molecule has 12 heteroatoms. The van der Waals surface area contributed by atoms with Crippen LogP contribution in [-0.2, 0) is 29.6 Å². The highest BCUT2D eigenvalue weighted by Crippen LogP contribution is 2.31. The average molecular weight is 524 g/mol. The highest BCUT2D eigenvalue weighted by Gasteiger charge is 2.34. The third kappa shape index (κ3) is 5.51. The molecule has 0 spiro atoms. The number of hydrogen-bond acceptors (Lipinski definition) is 7. The molecule has 35 heavy (non-hydrogen) atoms. The number of anilines is 1. The van der Waals surface area contributed by atoms with E-state index in [0.717, 1.165) is 0 Å². The summed E-state index contributed by atoms with van der Waals surface area (Å²) in [7, 11) is -6.06. The summed E-state index contributed by atoms with van der Waals surface area (Å²) in [5.41, 5.74) is 0.217. The van der Waals surface area contributed by atoms with Crippen LogP contribution < -0.4 is 10.1 Å². The molecule has 4 rings (SSSR count). The van der Waals surface area contributed by atoms with Gasteiger partial charge in [-0.1, -0.05) is 18.2 Å². The molecule has 10 nitrogen and oxygen atoms in total. The van der Waals surface area contributed by atoms with Crippen LogP contribution in [0.5, 0.6) is 5.75 Å².